The molecule has 0 atom stereocenters. The number of para-hydroxylation sites is 1. The lowest BCUT2D eigenvalue weighted by Crippen LogP contribution is -2.30. The highest BCUT2D eigenvalue weighted by molar-refractivity contribution is 5.75. The summed E-state index contributed by atoms with van der Waals surface area (Å²) in [7, 11) is 0. The van der Waals surface area contributed by atoms with E-state index in [4.69, 9.17) is 0 Å². The van der Waals surface area contributed by atoms with Gasteiger partial charge in [-0.05, 0) is 36.4 Å². The third-order valence-corrected chi connectivity index (χ3v) is 3.73. The van der Waals surface area contributed by atoms with Crippen molar-refractivity contribution in [2.75, 3.05) is 0 Å². The summed E-state index contributed by atoms with van der Waals surface area (Å²) < 4.78 is 43.0. The molecule has 0 aliphatic carbocycles. The van der Waals surface area contributed by atoms with Crippen molar-refractivity contribution in [2.45, 2.75) is 6.36 Å². The molecule has 0 aliphatic rings. The predicted octanol–water partition coefficient (Wildman–Crippen LogP) is 1.88. The van der Waals surface area contributed by atoms with Crippen molar-refractivity contribution in [3.8, 4) is 17.3 Å². The van der Waals surface area contributed by atoms with Crippen LogP contribution in [-0.4, -0.2) is 31.8 Å². The second-order valence-corrected chi connectivity index (χ2v) is 5.40. The van der Waals surface area contributed by atoms with Crippen LogP contribution in [0, 0.1) is 0 Å². The van der Waals surface area contributed by atoms with E-state index in [1.807, 2.05) is 0 Å². The molecule has 0 bridgehead atoms. The van der Waals surface area contributed by atoms with Gasteiger partial charge in [-0.3, -0.25) is 4.79 Å². The maximum absolute atomic E-state index is 12.2. The number of aromatic nitrogens is 4. The Balaban J connectivity index is 0.00000210. The summed E-state index contributed by atoms with van der Waals surface area (Å²) in [6, 6.07) is 11.5. The molecule has 8 nitrogen and oxygen atoms in total. The van der Waals surface area contributed by atoms with Crippen molar-refractivity contribution in [3.05, 3.63) is 58.9 Å². The van der Waals surface area contributed by atoms with Gasteiger partial charge in [0.05, 0.1) is 5.39 Å². The number of hydrogen-bond donors (Lipinski definition) is 2. The van der Waals surface area contributed by atoms with Crippen LogP contribution in [0.25, 0.3) is 22.2 Å². The van der Waals surface area contributed by atoms with E-state index in [0.29, 0.717) is 10.9 Å². The van der Waals surface area contributed by atoms with E-state index >= 15 is 0 Å². The van der Waals surface area contributed by atoms with Crippen LogP contribution >= 0.6 is 0 Å². The number of nitrogens with one attached hydrogen (secondary N) is 1. The predicted molar refractivity (Wildman–Crippen MR) is 85.1 cm³/mol. The van der Waals surface area contributed by atoms with Gasteiger partial charge in [0, 0.05) is 5.21 Å². The zero-order valence-corrected chi connectivity index (χ0v) is 13.3. The van der Waals surface area contributed by atoms with Gasteiger partial charge >= 0.3 is 23.4 Å². The quantitative estimate of drug-likeness (QED) is 0.516. The number of ether oxygens (including phenoxy) is 1. The van der Waals surface area contributed by atoms with E-state index in [2.05, 4.69) is 14.9 Å². The SMILES string of the molecule is O=c1[nH]c2c(O)n(-c3ccc(OC(F)(F)F)cc3)n[n+]2c2ccccc12.[OH-]. The van der Waals surface area contributed by atoms with Crippen LogP contribution in [0.15, 0.2) is 53.3 Å². The van der Waals surface area contributed by atoms with E-state index in [9.17, 15) is 23.1 Å². The summed E-state index contributed by atoms with van der Waals surface area (Å²) in [5.41, 5.74) is 0.414. The second kappa shape index (κ2) is 6.29. The minimum Gasteiger partial charge on any atom is -0.870 e. The summed E-state index contributed by atoms with van der Waals surface area (Å²) in [4.78, 5) is 14.7. The van der Waals surface area contributed by atoms with Crippen LogP contribution in [0.5, 0.6) is 11.6 Å². The molecule has 0 fully saturated rings. The summed E-state index contributed by atoms with van der Waals surface area (Å²) in [5.74, 6) is -0.763. The van der Waals surface area contributed by atoms with Crippen LogP contribution in [0.1, 0.15) is 0 Å². The van der Waals surface area contributed by atoms with Gasteiger partial charge in [-0.25, -0.2) is 4.98 Å². The molecule has 0 saturated heterocycles. The van der Waals surface area contributed by atoms with Gasteiger partial charge in [-0.1, -0.05) is 21.3 Å². The molecule has 0 saturated carbocycles. The Bertz CT molecular complexity index is 1180. The van der Waals surface area contributed by atoms with E-state index in [1.54, 1.807) is 24.3 Å². The topological polar surface area (TPSA) is 114 Å². The zero-order valence-electron chi connectivity index (χ0n) is 13.3. The van der Waals surface area contributed by atoms with E-state index < -0.39 is 17.7 Å². The molecule has 0 radical (unpaired) electrons. The average molecular weight is 380 g/mol. The number of H-pyrrole nitrogens is 1. The van der Waals surface area contributed by atoms with Crippen molar-refractivity contribution < 1.29 is 33.0 Å². The molecule has 0 spiro atoms. The lowest BCUT2D eigenvalue weighted by atomic mass is 10.2. The van der Waals surface area contributed by atoms with Crippen LogP contribution in [0.2, 0.25) is 0 Å². The van der Waals surface area contributed by atoms with Crippen LogP contribution in [-0.2, 0) is 0 Å². The van der Waals surface area contributed by atoms with Gasteiger partial charge in [0.2, 0.25) is 0 Å². The minimum atomic E-state index is -4.79. The molecule has 2 aromatic carbocycles. The standard InChI is InChI=1S/C16H9F3N4O3.H2O/c17-16(18,19)26-10-7-5-9(6-8-10)22-15(25)13-20-14(24)11-3-1-2-4-12(11)23(13)21-22;/h1-8,21H;1H2. The Morgan fingerprint density at radius 3 is 2.44 bits per heavy atom. The molecule has 3 N–H and O–H groups in total. The van der Waals surface area contributed by atoms with Crippen LogP contribution in [0.3, 0.4) is 0 Å². The molecule has 4 rings (SSSR count). The van der Waals surface area contributed by atoms with Gasteiger partial charge in [0.25, 0.3) is 0 Å². The number of alkyl halides is 3. The largest absolute Gasteiger partial charge is 0.870 e. The Morgan fingerprint density at radius 2 is 1.78 bits per heavy atom. The molecule has 0 unspecified atom stereocenters. The fourth-order valence-electron chi connectivity index (χ4n) is 2.64. The van der Waals surface area contributed by atoms with Gasteiger partial charge in [0.1, 0.15) is 17.0 Å². The van der Waals surface area contributed by atoms with Gasteiger partial charge in [-0.2, -0.15) is 0 Å². The molecular formula is C16H11F3N4O4. The molecule has 0 aliphatic heterocycles. The lowest BCUT2D eigenvalue weighted by molar-refractivity contribution is -0.558. The Kier molecular flexibility index (Phi) is 4.24. The number of aromatic amines is 1. The number of aromatic hydroxyl groups is 1. The van der Waals surface area contributed by atoms with Crippen LogP contribution < -0.4 is 14.8 Å². The Hall–Kier alpha value is -3.60. The molecule has 27 heavy (non-hydrogen) atoms. The maximum atomic E-state index is 12.2. The van der Waals surface area contributed by atoms with Gasteiger partial charge < -0.3 is 15.3 Å². The highest BCUT2D eigenvalue weighted by atomic mass is 19.4. The summed E-state index contributed by atoms with van der Waals surface area (Å²) in [5, 5.41) is 15.0. The smallest absolute Gasteiger partial charge is 0.573 e. The molecule has 4 aromatic rings. The van der Waals surface area contributed by atoms with Crippen molar-refractivity contribution >= 4 is 16.6 Å². The summed E-state index contributed by atoms with van der Waals surface area (Å²) >= 11 is 0. The summed E-state index contributed by atoms with van der Waals surface area (Å²) in [6.45, 7) is 0. The highest BCUT2D eigenvalue weighted by Gasteiger charge is 2.31. The monoisotopic (exact) mass is 380 g/mol. The number of nitrogens with zero attached hydrogens (tertiary/aromatic N) is 3. The zero-order chi connectivity index (χ0) is 18.5. The third kappa shape index (κ3) is 3.15. The van der Waals surface area contributed by atoms with Crippen molar-refractivity contribution in [1.82, 2.24) is 14.9 Å². The number of rotatable bonds is 2. The Labute approximate surface area is 148 Å². The first kappa shape index (κ1) is 18.2. The lowest BCUT2D eigenvalue weighted by Gasteiger charge is -2.08. The molecular weight excluding hydrogens is 369 g/mol. The number of hydrogen-bond acceptors (Lipinski definition) is 5. The molecule has 2 heterocycles. The Morgan fingerprint density at radius 1 is 1.11 bits per heavy atom. The first-order valence-electron chi connectivity index (χ1n) is 7.35. The van der Waals surface area contributed by atoms with E-state index in [0.717, 1.165) is 16.8 Å². The number of benzene rings is 2. The summed E-state index contributed by atoms with van der Waals surface area (Å²) in [6.07, 6.45) is -4.79. The van der Waals surface area contributed by atoms with Crippen molar-refractivity contribution in [1.29, 1.82) is 0 Å². The molecule has 2 aromatic heterocycles. The molecule has 0 amide bonds. The normalized spacial score (nSPS) is 11.5. The number of halogens is 3. The van der Waals surface area contributed by atoms with E-state index in [-0.39, 0.29) is 22.7 Å². The second-order valence-electron chi connectivity index (χ2n) is 5.40. The van der Waals surface area contributed by atoms with Crippen molar-refractivity contribution in [3.63, 3.8) is 0 Å². The minimum absolute atomic E-state index is 0. The first-order valence-corrected chi connectivity index (χ1v) is 7.35. The fourth-order valence-corrected chi connectivity index (χ4v) is 2.64. The third-order valence-electron chi connectivity index (χ3n) is 3.73. The molecule has 140 valence electrons. The first-order chi connectivity index (χ1) is 12.3. The van der Waals surface area contributed by atoms with Crippen molar-refractivity contribution in [2.24, 2.45) is 0 Å². The average Bonchev–Trinajstić information content (AvgIpc) is 2.92. The highest BCUT2D eigenvalue weighted by Crippen LogP contribution is 2.25. The maximum Gasteiger partial charge on any atom is 0.573 e. The van der Waals surface area contributed by atoms with Crippen LogP contribution in [0.4, 0.5) is 13.2 Å². The number of fused-ring (bicyclic) bond motifs is 3. The van der Waals surface area contributed by atoms with Gasteiger partial charge in [-0.15, -0.1) is 13.2 Å². The van der Waals surface area contributed by atoms with Gasteiger partial charge in [0.15, 0.2) is 0 Å². The molecule has 11 heteroatoms. The van der Waals surface area contributed by atoms with E-state index in [1.165, 1.54) is 16.6 Å². The fraction of sp³-hybridized carbons (Fsp3) is 0.0625.